The van der Waals surface area contributed by atoms with Gasteiger partial charge in [0.05, 0.1) is 11.1 Å². The van der Waals surface area contributed by atoms with Gasteiger partial charge in [-0.2, -0.15) is 0 Å². The molecule has 5 heteroatoms. The molecule has 0 aliphatic heterocycles. The van der Waals surface area contributed by atoms with Crippen LogP contribution in [0.1, 0.15) is 26.7 Å². The Balaban J connectivity index is 2.66. The fraction of sp³-hybridized carbons (Fsp3) is 0.533. The number of aliphatic hydroxyl groups is 1. The zero-order valence-corrected chi connectivity index (χ0v) is 12.9. The van der Waals surface area contributed by atoms with E-state index in [0.717, 1.165) is 0 Å². The molecule has 0 bridgehead atoms. The number of hydrogen-bond donors (Lipinski definition) is 1. The van der Waals surface area contributed by atoms with Crippen LogP contribution in [0, 0.1) is 0 Å². The number of aliphatic hydroxyl groups excluding tert-OH is 1. The van der Waals surface area contributed by atoms with Gasteiger partial charge in [0, 0.05) is 13.6 Å². The molecule has 2 unspecified atom stereocenters. The molecule has 0 spiro atoms. The average Bonchev–Trinajstić information content (AvgIpc) is 2.43. The fourth-order valence-corrected chi connectivity index (χ4v) is 1.92. The van der Waals surface area contributed by atoms with Crippen LogP contribution in [0.15, 0.2) is 24.3 Å². The SMILES string of the molecule is CCC(Oc1ccccc1Cl)C(=O)N(C)CCC(C)O. The van der Waals surface area contributed by atoms with Gasteiger partial charge in [0.25, 0.3) is 5.91 Å². The van der Waals surface area contributed by atoms with Gasteiger partial charge in [0.1, 0.15) is 5.75 Å². The first kappa shape index (κ1) is 16.8. The molecular weight excluding hydrogens is 278 g/mol. The van der Waals surface area contributed by atoms with E-state index < -0.39 is 12.2 Å². The third-order valence-electron chi connectivity index (χ3n) is 3.01. The van der Waals surface area contributed by atoms with Crippen molar-refractivity contribution in [2.24, 2.45) is 0 Å². The van der Waals surface area contributed by atoms with Crippen molar-refractivity contribution in [3.63, 3.8) is 0 Å². The highest BCUT2D eigenvalue weighted by Gasteiger charge is 2.23. The Morgan fingerprint density at radius 2 is 2.10 bits per heavy atom. The average molecular weight is 300 g/mol. The molecule has 1 N–H and O–H groups in total. The van der Waals surface area contributed by atoms with Crippen LogP contribution in [0.3, 0.4) is 0 Å². The summed E-state index contributed by atoms with van der Waals surface area (Å²) in [5.74, 6) is 0.409. The first-order valence-electron chi connectivity index (χ1n) is 6.80. The first-order valence-corrected chi connectivity index (χ1v) is 7.17. The number of halogens is 1. The lowest BCUT2D eigenvalue weighted by Crippen LogP contribution is -2.40. The van der Waals surface area contributed by atoms with Gasteiger partial charge in [-0.25, -0.2) is 0 Å². The highest BCUT2D eigenvalue weighted by atomic mass is 35.5. The van der Waals surface area contributed by atoms with Crippen LogP contribution in [-0.4, -0.2) is 41.7 Å². The highest BCUT2D eigenvalue weighted by molar-refractivity contribution is 6.32. The normalized spacial score (nSPS) is 13.7. The summed E-state index contributed by atoms with van der Waals surface area (Å²) in [4.78, 5) is 13.9. The molecule has 1 aromatic rings. The number of nitrogens with zero attached hydrogens (tertiary/aromatic N) is 1. The van der Waals surface area contributed by atoms with E-state index in [-0.39, 0.29) is 5.91 Å². The Morgan fingerprint density at radius 3 is 2.65 bits per heavy atom. The van der Waals surface area contributed by atoms with Gasteiger partial charge in [-0.1, -0.05) is 30.7 Å². The molecule has 0 saturated heterocycles. The predicted molar refractivity (Wildman–Crippen MR) is 80.1 cm³/mol. The van der Waals surface area contributed by atoms with Gasteiger partial charge in [-0.05, 0) is 31.9 Å². The lowest BCUT2D eigenvalue weighted by atomic mass is 10.2. The minimum atomic E-state index is -0.561. The van der Waals surface area contributed by atoms with Crippen LogP contribution in [0.5, 0.6) is 5.75 Å². The Kier molecular flexibility index (Phi) is 6.82. The predicted octanol–water partition coefficient (Wildman–Crippen LogP) is 2.73. The molecular formula is C15H22ClNO3. The fourth-order valence-electron chi connectivity index (χ4n) is 1.74. The Labute approximate surface area is 125 Å². The molecule has 0 aliphatic rings. The van der Waals surface area contributed by atoms with Crippen LogP contribution in [0.4, 0.5) is 0 Å². The van der Waals surface area contributed by atoms with Crippen LogP contribution in [-0.2, 0) is 4.79 Å². The molecule has 0 aromatic heterocycles. The van der Waals surface area contributed by atoms with Crippen molar-refractivity contribution in [3.05, 3.63) is 29.3 Å². The zero-order valence-electron chi connectivity index (χ0n) is 12.2. The molecule has 20 heavy (non-hydrogen) atoms. The summed E-state index contributed by atoms with van der Waals surface area (Å²) in [5, 5.41) is 9.75. The highest BCUT2D eigenvalue weighted by Crippen LogP contribution is 2.25. The molecule has 0 saturated carbocycles. The van der Waals surface area contributed by atoms with Gasteiger partial charge >= 0.3 is 0 Å². The van der Waals surface area contributed by atoms with E-state index in [1.807, 2.05) is 19.1 Å². The topological polar surface area (TPSA) is 49.8 Å². The monoisotopic (exact) mass is 299 g/mol. The summed E-state index contributed by atoms with van der Waals surface area (Å²) in [7, 11) is 1.71. The number of rotatable bonds is 7. The Morgan fingerprint density at radius 1 is 1.45 bits per heavy atom. The molecule has 0 fully saturated rings. The number of carbonyl (C=O) groups excluding carboxylic acids is 1. The lowest BCUT2D eigenvalue weighted by molar-refractivity contribution is -0.137. The first-order chi connectivity index (χ1) is 9.45. The largest absolute Gasteiger partial charge is 0.479 e. The molecule has 0 heterocycles. The maximum Gasteiger partial charge on any atom is 0.263 e. The van der Waals surface area contributed by atoms with Crippen molar-refractivity contribution in [3.8, 4) is 5.75 Å². The molecule has 1 aromatic carbocycles. The van der Waals surface area contributed by atoms with Crippen LogP contribution in [0.25, 0.3) is 0 Å². The molecule has 0 aliphatic carbocycles. The lowest BCUT2D eigenvalue weighted by Gasteiger charge is -2.24. The Hall–Kier alpha value is -1.26. The van der Waals surface area contributed by atoms with E-state index in [0.29, 0.717) is 30.2 Å². The van der Waals surface area contributed by atoms with Crippen molar-refractivity contribution >= 4 is 17.5 Å². The third kappa shape index (κ3) is 5.02. The van der Waals surface area contributed by atoms with Crippen molar-refractivity contribution in [2.45, 2.75) is 38.9 Å². The van der Waals surface area contributed by atoms with E-state index in [9.17, 15) is 9.90 Å². The molecule has 4 nitrogen and oxygen atoms in total. The standard InChI is InChI=1S/C15H22ClNO3/c1-4-13(15(19)17(3)10-9-11(2)18)20-14-8-6-5-7-12(14)16/h5-8,11,13,18H,4,9-10H2,1-3H3. The number of hydrogen-bond acceptors (Lipinski definition) is 3. The number of benzene rings is 1. The van der Waals surface area contributed by atoms with Crippen LogP contribution in [0.2, 0.25) is 5.02 Å². The summed E-state index contributed by atoms with van der Waals surface area (Å²) in [6.07, 6.45) is 0.122. The number of para-hydroxylation sites is 1. The van der Waals surface area contributed by atoms with E-state index in [1.165, 1.54) is 0 Å². The van der Waals surface area contributed by atoms with Gasteiger partial charge in [0.2, 0.25) is 0 Å². The minimum absolute atomic E-state index is 0.104. The van der Waals surface area contributed by atoms with Crippen LogP contribution < -0.4 is 4.74 Å². The zero-order chi connectivity index (χ0) is 15.1. The quantitative estimate of drug-likeness (QED) is 0.842. The minimum Gasteiger partial charge on any atom is -0.479 e. The van der Waals surface area contributed by atoms with Crippen molar-refractivity contribution in [1.29, 1.82) is 0 Å². The summed E-state index contributed by atoms with van der Waals surface area (Å²) in [6, 6.07) is 7.10. The molecule has 0 radical (unpaired) electrons. The Bertz CT molecular complexity index is 437. The summed E-state index contributed by atoms with van der Waals surface area (Å²) in [5.41, 5.74) is 0. The van der Waals surface area contributed by atoms with Crippen molar-refractivity contribution < 1.29 is 14.6 Å². The van der Waals surface area contributed by atoms with Gasteiger partial charge in [-0.15, -0.1) is 0 Å². The number of ether oxygens (including phenoxy) is 1. The van der Waals surface area contributed by atoms with Gasteiger partial charge in [-0.3, -0.25) is 4.79 Å². The van der Waals surface area contributed by atoms with E-state index in [2.05, 4.69) is 0 Å². The van der Waals surface area contributed by atoms with E-state index in [1.54, 1.807) is 31.0 Å². The molecule has 2 atom stereocenters. The molecule has 1 amide bonds. The molecule has 112 valence electrons. The summed E-state index contributed by atoms with van der Waals surface area (Å²) < 4.78 is 5.70. The second-order valence-electron chi connectivity index (χ2n) is 4.84. The number of amides is 1. The van der Waals surface area contributed by atoms with E-state index in [4.69, 9.17) is 16.3 Å². The summed E-state index contributed by atoms with van der Waals surface area (Å²) in [6.45, 7) is 4.09. The third-order valence-corrected chi connectivity index (χ3v) is 3.32. The van der Waals surface area contributed by atoms with E-state index >= 15 is 0 Å². The van der Waals surface area contributed by atoms with Crippen molar-refractivity contribution in [2.75, 3.05) is 13.6 Å². The maximum absolute atomic E-state index is 12.3. The van der Waals surface area contributed by atoms with Crippen LogP contribution >= 0.6 is 11.6 Å². The second kappa shape index (κ2) is 8.12. The number of likely N-dealkylation sites (N-methyl/N-ethyl adjacent to an activating group) is 1. The number of carbonyl (C=O) groups is 1. The van der Waals surface area contributed by atoms with Gasteiger partial charge in [0.15, 0.2) is 6.10 Å². The molecule has 1 rings (SSSR count). The second-order valence-corrected chi connectivity index (χ2v) is 5.25. The maximum atomic E-state index is 12.3. The van der Waals surface area contributed by atoms with Gasteiger partial charge < -0.3 is 14.7 Å². The summed E-state index contributed by atoms with van der Waals surface area (Å²) >= 11 is 6.03. The van der Waals surface area contributed by atoms with Crippen molar-refractivity contribution in [1.82, 2.24) is 4.90 Å². The smallest absolute Gasteiger partial charge is 0.263 e.